The van der Waals surface area contributed by atoms with Gasteiger partial charge in [0.2, 0.25) is 5.91 Å². The maximum atomic E-state index is 12.2. The van der Waals surface area contributed by atoms with Crippen molar-refractivity contribution in [1.82, 2.24) is 0 Å². The minimum absolute atomic E-state index is 0.0883. The molecule has 6 heteroatoms. The van der Waals surface area contributed by atoms with E-state index in [1.807, 2.05) is 24.3 Å². The lowest BCUT2D eigenvalue weighted by atomic mass is 10.1. The van der Waals surface area contributed by atoms with Gasteiger partial charge < -0.3 is 24.3 Å². The summed E-state index contributed by atoms with van der Waals surface area (Å²) in [6.07, 6.45) is 0.781. The molecule has 0 saturated carbocycles. The van der Waals surface area contributed by atoms with Crippen LogP contribution in [0.15, 0.2) is 42.5 Å². The summed E-state index contributed by atoms with van der Waals surface area (Å²) >= 11 is 0. The van der Waals surface area contributed by atoms with Crippen LogP contribution in [0.4, 0.5) is 5.69 Å². The summed E-state index contributed by atoms with van der Waals surface area (Å²) in [4.78, 5) is 12.2. The zero-order chi connectivity index (χ0) is 17.6. The first-order valence-electron chi connectivity index (χ1n) is 8.10. The van der Waals surface area contributed by atoms with Gasteiger partial charge in [0, 0.05) is 18.2 Å². The van der Waals surface area contributed by atoms with Crippen LogP contribution < -0.4 is 24.3 Å². The Labute approximate surface area is 146 Å². The van der Waals surface area contributed by atoms with Crippen LogP contribution in [-0.2, 0) is 4.79 Å². The molecule has 1 amide bonds. The van der Waals surface area contributed by atoms with Crippen LogP contribution in [-0.4, -0.2) is 32.8 Å². The molecular weight excluding hydrogens is 322 g/mol. The highest BCUT2D eigenvalue weighted by molar-refractivity contribution is 5.91. The Morgan fingerprint density at radius 3 is 2.64 bits per heavy atom. The Bertz CT molecular complexity index is 746. The van der Waals surface area contributed by atoms with Gasteiger partial charge in [-0.2, -0.15) is 0 Å². The molecule has 0 saturated heterocycles. The van der Waals surface area contributed by atoms with Crippen molar-refractivity contribution in [3.63, 3.8) is 0 Å². The van der Waals surface area contributed by atoms with Crippen LogP contribution in [0.2, 0.25) is 0 Å². The largest absolute Gasteiger partial charge is 0.493 e. The van der Waals surface area contributed by atoms with Crippen molar-refractivity contribution < 1.29 is 23.7 Å². The van der Waals surface area contributed by atoms with Crippen molar-refractivity contribution in [3.05, 3.63) is 42.5 Å². The molecule has 2 aromatic carbocycles. The zero-order valence-corrected chi connectivity index (χ0v) is 14.3. The van der Waals surface area contributed by atoms with E-state index in [9.17, 15) is 4.79 Å². The fourth-order valence-corrected chi connectivity index (χ4v) is 2.63. The number of ether oxygens (including phenoxy) is 4. The van der Waals surface area contributed by atoms with Gasteiger partial charge in [0.25, 0.3) is 0 Å². The predicted octanol–water partition coefficient (Wildman–Crippen LogP) is 3.26. The number of carbonyl (C=O) groups excluding carboxylic acids is 1. The van der Waals surface area contributed by atoms with Crippen LogP contribution in [0.3, 0.4) is 0 Å². The molecule has 1 aliphatic heterocycles. The van der Waals surface area contributed by atoms with E-state index in [1.54, 1.807) is 32.4 Å². The highest BCUT2D eigenvalue weighted by Gasteiger charge is 2.21. The maximum absolute atomic E-state index is 12.2. The van der Waals surface area contributed by atoms with Gasteiger partial charge >= 0.3 is 0 Å². The van der Waals surface area contributed by atoms with E-state index in [0.29, 0.717) is 36.6 Å². The Morgan fingerprint density at radius 1 is 1.12 bits per heavy atom. The van der Waals surface area contributed by atoms with Gasteiger partial charge in [-0.25, -0.2) is 0 Å². The van der Waals surface area contributed by atoms with Gasteiger partial charge in [-0.05, 0) is 30.7 Å². The van der Waals surface area contributed by atoms with Crippen LogP contribution in [0, 0.1) is 0 Å². The molecule has 1 aliphatic rings. The highest BCUT2D eigenvalue weighted by atomic mass is 16.6. The SMILES string of the molecule is COc1ccc(NC(=O)CC[C@H]2COc3ccccc3O2)cc1OC. The third kappa shape index (κ3) is 4.15. The fraction of sp³-hybridized carbons (Fsp3) is 0.316. The fourth-order valence-electron chi connectivity index (χ4n) is 2.63. The lowest BCUT2D eigenvalue weighted by Gasteiger charge is -2.26. The summed E-state index contributed by atoms with van der Waals surface area (Å²) in [7, 11) is 3.13. The quantitative estimate of drug-likeness (QED) is 0.872. The second-order valence-electron chi connectivity index (χ2n) is 5.65. The first-order valence-corrected chi connectivity index (χ1v) is 8.10. The smallest absolute Gasteiger partial charge is 0.224 e. The maximum Gasteiger partial charge on any atom is 0.224 e. The molecule has 0 unspecified atom stereocenters. The van der Waals surface area contributed by atoms with Gasteiger partial charge in [-0.15, -0.1) is 0 Å². The van der Waals surface area contributed by atoms with E-state index in [4.69, 9.17) is 18.9 Å². The Kier molecular flexibility index (Phi) is 5.28. The van der Waals surface area contributed by atoms with Gasteiger partial charge in [-0.3, -0.25) is 4.79 Å². The Hall–Kier alpha value is -2.89. The van der Waals surface area contributed by atoms with E-state index in [2.05, 4.69) is 5.32 Å². The summed E-state index contributed by atoms with van der Waals surface area (Å²) in [6.45, 7) is 0.445. The van der Waals surface area contributed by atoms with Crippen LogP contribution in [0.5, 0.6) is 23.0 Å². The number of methoxy groups -OCH3 is 2. The molecule has 1 N–H and O–H groups in total. The summed E-state index contributed by atoms with van der Waals surface area (Å²) < 4.78 is 21.9. The number of anilines is 1. The van der Waals surface area contributed by atoms with E-state index < -0.39 is 0 Å². The van der Waals surface area contributed by atoms with Crippen LogP contribution in [0.1, 0.15) is 12.8 Å². The summed E-state index contributed by atoms with van der Waals surface area (Å²) in [5.74, 6) is 2.56. The lowest BCUT2D eigenvalue weighted by Crippen LogP contribution is -2.30. The van der Waals surface area contributed by atoms with Crippen molar-refractivity contribution in [2.75, 3.05) is 26.1 Å². The molecular formula is C19H21NO5. The van der Waals surface area contributed by atoms with Gasteiger partial charge in [0.1, 0.15) is 12.7 Å². The summed E-state index contributed by atoms with van der Waals surface area (Å²) in [5, 5.41) is 2.86. The third-order valence-corrected chi connectivity index (χ3v) is 3.93. The number of fused-ring (bicyclic) bond motifs is 1. The van der Waals surface area contributed by atoms with Crippen molar-refractivity contribution in [2.45, 2.75) is 18.9 Å². The second kappa shape index (κ2) is 7.79. The van der Waals surface area contributed by atoms with Gasteiger partial charge in [0.05, 0.1) is 14.2 Å². The van der Waals surface area contributed by atoms with Crippen molar-refractivity contribution in [2.24, 2.45) is 0 Å². The molecule has 0 fully saturated rings. The minimum atomic E-state index is -0.133. The predicted molar refractivity (Wildman–Crippen MR) is 93.8 cm³/mol. The molecule has 1 atom stereocenters. The Balaban J connectivity index is 1.52. The topological polar surface area (TPSA) is 66.0 Å². The standard InChI is InChI=1S/C19H21NO5/c1-22-15-9-7-13(11-18(15)23-2)20-19(21)10-8-14-12-24-16-5-3-4-6-17(16)25-14/h3-7,9,11,14H,8,10,12H2,1-2H3,(H,20,21)/t14-/m0/s1. The summed E-state index contributed by atoms with van der Waals surface area (Å²) in [5.41, 5.74) is 0.661. The van der Waals surface area contributed by atoms with Crippen molar-refractivity contribution in [1.29, 1.82) is 0 Å². The second-order valence-corrected chi connectivity index (χ2v) is 5.65. The number of benzene rings is 2. The first kappa shape index (κ1) is 17.0. The molecule has 25 heavy (non-hydrogen) atoms. The number of nitrogens with one attached hydrogen (secondary N) is 1. The molecule has 132 valence electrons. The molecule has 0 radical (unpaired) electrons. The molecule has 3 rings (SSSR count). The monoisotopic (exact) mass is 343 g/mol. The van der Waals surface area contributed by atoms with E-state index >= 15 is 0 Å². The molecule has 0 aromatic heterocycles. The van der Waals surface area contributed by atoms with Crippen molar-refractivity contribution >= 4 is 11.6 Å². The number of para-hydroxylation sites is 2. The van der Waals surface area contributed by atoms with Crippen LogP contribution in [0.25, 0.3) is 0 Å². The Morgan fingerprint density at radius 2 is 1.88 bits per heavy atom. The van der Waals surface area contributed by atoms with Gasteiger partial charge in [-0.1, -0.05) is 12.1 Å². The average Bonchev–Trinajstić information content (AvgIpc) is 2.66. The normalized spacial score (nSPS) is 15.4. The third-order valence-electron chi connectivity index (χ3n) is 3.93. The molecule has 0 spiro atoms. The molecule has 0 bridgehead atoms. The van der Waals surface area contributed by atoms with Crippen molar-refractivity contribution in [3.8, 4) is 23.0 Å². The molecule has 0 aliphatic carbocycles. The number of carbonyl (C=O) groups is 1. The molecule has 2 aromatic rings. The average molecular weight is 343 g/mol. The number of amides is 1. The first-order chi connectivity index (χ1) is 12.2. The summed E-state index contributed by atoms with van der Waals surface area (Å²) in [6, 6.07) is 12.8. The van der Waals surface area contributed by atoms with Crippen LogP contribution >= 0.6 is 0 Å². The number of hydrogen-bond acceptors (Lipinski definition) is 5. The minimum Gasteiger partial charge on any atom is -0.493 e. The molecule has 1 heterocycles. The van der Waals surface area contributed by atoms with E-state index in [0.717, 1.165) is 11.5 Å². The number of hydrogen-bond donors (Lipinski definition) is 1. The van der Waals surface area contributed by atoms with E-state index in [-0.39, 0.29) is 12.0 Å². The highest BCUT2D eigenvalue weighted by Crippen LogP contribution is 2.32. The number of rotatable bonds is 6. The molecule has 6 nitrogen and oxygen atoms in total. The zero-order valence-electron chi connectivity index (χ0n) is 14.3. The lowest BCUT2D eigenvalue weighted by molar-refractivity contribution is -0.116. The van der Waals surface area contributed by atoms with Gasteiger partial charge in [0.15, 0.2) is 23.0 Å². The van der Waals surface area contributed by atoms with E-state index in [1.165, 1.54) is 0 Å².